The molecule has 1 fully saturated rings. The van der Waals surface area contributed by atoms with Gasteiger partial charge in [-0.25, -0.2) is 22.4 Å². The Kier molecular flexibility index (Phi) is 7.10. The predicted octanol–water partition coefficient (Wildman–Crippen LogP) is 5.33. The summed E-state index contributed by atoms with van der Waals surface area (Å²) in [7, 11) is -3.86. The number of para-hydroxylation sites is 1. The molecule has 5 aromatic rings. The second-order valence-electron chi connectivity index (χ2n) is 10.0. The number of carbonyl (C=O) groups is 1. The third-order valence-corrected chi connectivity index (χ3v) is 9.22. The van der Waals surface area contributed by atoms with Crippen LogP contribution in [0, 0.1) is 0 Å². The largest absolute Gasteiger partial charge is 0.399 e. The van der Waals surface area contributed by atoms with Gasteiger partial charge in [0, 0.05) is 40.5 Å². The molecule has 208 valence electrons. The maximum Gasteiger partial charge on any atom is 0.268 e. The highest BCUT2D eigenvalue weighted by molar-refractivity contribution is 7.90. The molecular formula is C30H27ClN6O3S. The average molecular weight is 587 g/mol. The van der Waals surface area contributed by atoms with Gasteiger partial charge in [-0.15, -0.1) is 0 Å². The third kappa shape index (κ3) is 5.36. The molecule has 0 spiro atoms. The van der Waals surface area contributed by atoms with Gasteiger partial charge in [0.15, 0.2) is 0 Å². The molecule has 1 saturated carbocycles. The van der Waals surface area contributed by atoms with Crippen LogP contribution < -0.4 is 16.4 Å². The van der Waals surface area contributed by atoms with E-state index >= 15 is 0 Å². The van der Waals surface area contributed by atoms with Crippen molar-refractivity contribution in [2.24, 2.45) is 0 Å². The Bertz CT molecular complexity index is 1840. The number of amides is 1. The Morgan fingerprint density at radius 1 is 0.951 bits per heavy atom. The van der Waals surface area contributed by atoms with E-state index in [1.807, 2.05) is 12.1 Å². The summed E-state index contributed by atoms with van der Waals surface area (Å²) in [5.74, 6) is 0.241. The second-order valence-corrected chi connectivity index (χ2v) is 12.2. The van der Waals surface area contributed by atoms with Crippen molar-refractivity contribution >= 4 is 50.1 Å². The van der Waals surface area contributed by atoms with E-state index in [4.69, 9.17) is 22.3 Å². The van der Waals surface area contributed by atoms with Gasteiger partial charge >= 0.3 is 0 Å². The van der Waals surface area contributed by atoms with Crippen LogP contribution >= 0.6 is 11.6 Å². The molecular weight excluding hydrogens is 560 g/mol. The number of nitrogen functional groups attached to an aromatic ring is 1. The summed E-state index contributed by atoms with van der Waals surface area (Å²) < 4.78 is 28.3. The molecule has 0 saturated heterocycles. The molecule has 0 aliphatic heterocycles. The van der Waals surface area contributed by atoms with Crippen LogP contribution in [0.5, 0.6) is 0 Å². The van der Waals surface area contributed by atoms with Crippen LogP contribution in [0.2, 0.25) is 5.02 Å². The molecule has 1 unspecified atom stereocenters. The lowest BCUT2D eigenvalue weighted by atomic mass is 10.1. The lowest BCUT2D eigenvalue weighted by Crippen LogP contribution is -2.34. The first-order chi connectivity index (χ1) is 19.8. The van der Waals surface area contributed by atoms with Crippen molar-refractivity contribution in [3.05, 3.63) is 102 Å². The number of anilines is 2. The van der Waals surface area contributed by atoms with Gasteiger partial charge in [-0.3, -0.25) is 4.79 Å². The molecule has 2 heterocycles. The minimum absolute atomic E-state index is 0.00509. The molecule has 1 aliphatic carbocycles. The molecule has 11 heteroatoms. The molecule has 4 N–H and O–H groups in total. The number of aromatic nitrogens is 3. The first-order valence-electron chi connectivity index (χ1n) is 13.2. The van der Waals surface area contributed by atoms with Crippen molar-refractivity contribution in [1.29, 1.82) is 0 Å². The van der Waals surface area contributed by atoms with Crippen molar-refractivity contribution < 1.29 is 13.2 Å². The van der Waals surface area contributed by atoms with Crippen LogP contribution in [0.15, 0.2) is 96.2 Å². The highest BCUT2D eigenvalue weighted by Gasteiger charge is 2.28. The van der Waals surface area contributed by atoms with Gasteiger partial charge in [-0.2, -0.15) is 0 Å². The number of benzene rings is 3. The van der Waals surface area contributed by atoms with E-state index in [0.717, 1.165) is 12.8 Å². The van der Waals surface area contributed by atoms with E-state index in [1.54, 1.807) is 72.9 Å². The summed E-state index contributed by atoms with van der Waals surface area (Å²) in [5.41, 5.74) is 8.42. The maximum absolute atomic E-state index is 13.5. The molecule has 0 radical (unpaired) electrons. The first kappa shape index (κ1) is 26.8. The molecule has 0 bridgehead atoms. The van der Waals surface area contributed by atoms with E-state index in [1.165, 1.54) is 10.2 Å². The van der Waals surface area contributed by atoms with Crippen molar-refractivity contribution in [3.63, 3.8) is 0 Å². The van der Waals surface area contributed by atoms with Gasteiger partial charge in [0.25, 0.3) is 15.9 Å². The molecule has 41 heavy (non-hydrogen) atoms. The number of halogens is 1. The van der Waals surface area contributed by atoms with Crippen LogP contribution in [0.1, 0.15) is 29.6 Å². The van der Waals surface area contributed by atoms with Crippen LogP contribution in [0.25, 0.3) is 22.2 Å². The topological polar surface area (TPSA) is 132 Å². The van der Waals surface area contributed by atoms with Crippen molar-refractivity contribution in [3.8, 4) is 11.3 Å². The van der Waals surface area contributed by atoms with E-state index in [-0.39, 0.29) is 22.9 Å². The number of nitrogens with two attached hydrogens (primary N) is 1. The van der Waals surface area contributed by atoms with Gasteiger partial charge in [-0.05, 0) is 61.7 Å². The molecule has 2 aromatic heterocycles. The fourth-order valence-electron chi connectivity index (χ4n) is 5.20. The summed E-state index contributed by atoms with van der Waals surface area (Å²) in [5, 5.41) is 7.45. The van der Waals surface area contributed by atoms with Crippen molar-refractivity contribution in [2.75, 3.05) is 11.1 Å². The monoisotopic (exact) mass is 586 g/mol. The fourth-order valence-corrected chi connectivity index (χ4v) is 6.78. The minimum atomic E-state index is -3.86. The van der Waals surface area contributed by atoms with E-state index < -0.39 is 10.0 Å². The lowest BCUT2D eigenvalue weighted by Gasteiger charge is -2.15. The SMILES string of the molecule is Nc1ccc(C(=O)N[C@@H]2CCC(Nc3ncc(Cl)c(-c4cn(S(=O)(=O)c5ccccc5)c5ccccc45)n3)C2)cc1. The van der Waals surface area contributed by atoms with Crippen LogP contribution in [0.4, 0.5) is 11.6 Å². The van der Waals surface area contributed by atoms with Gasteiger partial charge in [-0.1, -0.05) is 48.0 Å². The number of nitrogens with zero attached hydrogens (tertiary/aromatic N) is 3. The Hall–Kier alpha value is -4.41. The van der Waals surface area contributed by atoms with E-state index in [2.05, 4.69) is 15.6 Å². The zero-order valence-corrected chi connectivity index (χ0v) is 23.4. The van der Waals surface area contributed by atoms with Crippen LogP contribution in [-0.2, 0) is 10.0 Å². The maximum atomic E-state index is 13.5. The number of nitrogens with one attached hydrogen (secondary N) is 2. The number of hydrogen-bond acceptors (Lipinski definition) is 7. The molecule has 1 aliphatic rings. The third-order valence-electron chi connectivity index (χ3n) is 7.25. The normalized spacial score (nSPS) is 17.0. The summed E-state index contributed by atoms with van der Waals surface area (Å²) in [6.45, 7) is 0. The summed E-state index contributed by atoms with van der Waals surface area (Å²) >= 11 is 6.57. The van der Waals surface area contributed by atoms with E-state index in [0.29, 0.717) is 50.8 Å². The van der Waals surface area contributed by atoms with Crippen molar-refractivity contribution in [2.45, 2.75) is 36.2 Å². The number of hydrogen-bond donors (Lipinski definition) is 3. The van der Waals surface area contributed by atoms with Gasteiger partial charge in [0.2, 0.25) is 5.95 Å². The highest BCUT2D eigenvalue weighted by atomic mass is 35.5. The standard InChI is InChI=1S/C30H27ClN6O3S/c31-26-17-33-30(35-22-15-14-21(16-22)34-29(38)19-10-12-20(32)13-11-19)36-28(26)25-18-37(27-9-5-4-8-24(25)27)41(39,40)23-6-2-1-3-7-23/h1-13,17-18,21-22H,14-16,32H2,(H,34,38)(H,33,35,36)/t21-,22?/m1/s1. The molecule has 9 nitrogen and oxygen atoms in total. The number of fused-ring (bicyclic) bond motifs is 1. The Labute approximate surface area is 242 Å². The molecule has 3 aromatic carbocycles. The molecule has 6 rings (SSSR count). The minimum Gasteiger partial charge on any atom is -0.399 e. The van der Waals surface area contributed by atoms with Gasteiger partial charge < -0.3 is 16.4 Å². The molecule has 2 atom stereocenters. The Morgan fingerprint density at radius 2 is 1.66 bits per heavy atom. The fraction of sp³-hybridized carbons (Fsp3) is 0.167. The zero-order chi connectivity index (χ0) is 28.6. The second kappa shape index (κ2) is 10.9. The highest BCUT2D eigenvalue weighted by Crippen LogP contribution is 2.36. The molecule has 1 amide bonds. The summed E-state index contributed by atoms with van der Waals surface area (Å²) in [6.07, 6.45) is 5.41. The lowest BCUT2D eigenvalue weighted by molar-refractivity contribution is 0.0938. The van der Waals surface area contributed by atoms with Crippen LogP contribution in [-0.4, -0.2) is 40.3 Å². The number of carbonyl (C=O) groups excluding carboxylic acids is 1. The average Bonchev–Trinajstić information content (AvgIpc) is 3.59. The predicted molar refractivity (Wildman–Crippen MR) is 160 cm³/mol. The van der Waals surface area contributed by atoms with Gasteiger partial charge in [0.05, 0.1) is 27.3 Å². The quantitative estimate of drug-likeness (QED) is 0.219. The summed E-state index contributed by atoms with van der Waals surface area (Å²) in [6, 6.07) is 22.4. The Morgan fingerprint density at radius 3 is 2.44 bits per heavy atom. The van der Waals surface area contributed by atoms with Gasteiger partial charge in [0.1, 0.15) is 0 Å². The number of rotatable bonds is 7. The smallest absolute Gasteiger partial charge is 0.268 e. The van der Waals surface area contributed by atoms with E-state index in [9.17, 15) is 13.2 Å². The van der Waals surface area contributed by atoms with Crippen LogP contribution in [0.3, 0.4) is 0 Å². The first-order valence-corrected chi connectivity index (χ1v) is 15.0. The summed E-state index contributed by atoms with van der Waals surface area (Å²) in [4.78, 5) is 21.9. The Balaban J connectivity index is 1.24. The van der Waals surface area contributed by atoms with Crippen molar-refractivity contribution in [1.82, 2.24) is 19.3 Å². The zero-order valence-electron chi connectivity index (χ0n) is 21.9.